The van der Waals surface area contributed by atoms with Gasteiger partial charge in [-0.2, -0.15) is 10.5 Å². The van der Waals surface area contributed by atoms with Crippen LogP contribution in [-0.2, 0) is 19.4 Å². The molecular weight excluding hydrogens is 593 g/mol. The van der Waals surface area contributed by atoms with Gasteiger partial charge >= 0.3 is 0 Å². The lowest BCUT2D eigenvalue weighted by Gasteiger charge is -2.08. The third-order valence-electron chi connectivity index (χ3n) is 6.88. The van der Waals surface area contributed by atoms with Crippen LogP contribution < -0.4 is 9.47 Å². The van der Waals surface area contributed by atoms with Crippen LogP contribution in [0.25, 0.3) is 21.8 Å². The van der Waals surface area contributed by atoms with Gasteiger partial charge in [-0.05, 0) is 63.2 Å². The lowest BCUT2D eigenvalue weighted by Crippen LogP contribution is -2.04. The van der Waals surface area contributed by atoms with Crippen molar-refractivity contribution in [2.75, 3.05) is 20.8 Å². The Hall–Kier alpha value is -4.68. The number of aliphatic hydroxyl groups excluding tert-OH is 1. The van der Waals surface area contributed by atoms with E-state index < -0.39 is 0 Å². The first-order valence-corrected chi connectivity index (χ1v) is 15.6. The Morgan fingerprint density at radius 1 is 0.886 bits per heavy atom. The molecule has 0 amide bonds. The number of hydrogen-bond acceptors (Lipinski definition) is 9. The molecule has 0 aliphatic heterocycles. The minimum absolute atomic E-state index is 0.198. The molecule has 0 bridgehead atoms. The number of benzene rings is 2. The van der Waals surface area contributed by atoms with Gasteiger partial charge in [0.15, 0.2) is 0 Å². The summed E-state index contributed by atoms with van der Waals surface area (Å²) in [6.07, 6.45) is 1.51. The first-order chi connectivity index (χ1) is 21.3. The highest BCUT2D eigenvalue weighted by atomic mass is 32.1. The highest BCUT2D eigenvalue weighted by Crippen LogP contribution is 2.30. The summed E-state index contributed by atoms with van der Waals surface area (Å²) in [5.41, 5.74) is 6.43. The van der Waals surface area contributed by atoms with Crippen molar-refractivity contribution in [3.63, 3.8) is 0 Å². The van der Waals surface area contributed by atoms with Gasteiger partial charge in [-0.25, -0.2) is 9.97 Å². The summed E-state index contributed by atoms with van der Waals surface area (Å²) >= 11 is 3.28. The van der Waals surface area contributed by atoms with E-state index in [1.54, 1.807) is 43.0 Å². The number of hydrogen-bond donors (Lipinski definition) is 2. The second-order valence-corrected chi connectivity index (χ2v) is 11.9. The smallest absolute Gasteiger partial charge is 0.122 e. The molecule has 6 aromatic rings. The average molecular weight is 627 g/mol. The predicted octanol–water partition coefficient (Wildman–Crippen LogP) is 6.87. The van der Waals surface area contributed by atoms with Crippen molar-refractivity contribution in [1.82, 2.24) is 19.5 Å². The number of methoxy groups -OCH3 is 2. The number of aromatic nitrogens is 4. The van der Waals surface area contributed by atoms with Gasteiger partial charge in [-0.1, -0.05) is 0 Å². The number of nitrogens with zero attached hydrogens (tertiary/aromatic N) is 5. The summed E-state index contributed by atoms with van der Waals surface area (Å²) in [7, 11) is 3.29. The van der Waals surface area contributed by atoms with Crippen molar-refractivity contribution in [3.05, 3.63) is 91.6 Å². The Balaban J connectivity index is 0.000000169. The van der Waals surface area contributed by atoms with Crippen LogP contribution in [0.1, 0.15) is 38.4 Å². The van der Waals surface area contributed by atoms with E-state index in [1.165, 1.54) is 0 Å². The van der Waals surface area contributed by atoms with Crippen LogP contribution in [0.4, 0.5) is 0 Å². The molecule has 0 radical (unpaired) electrons. The zero-order valence-electron chi connectivity index (χ0n) is 25.3. The van der Waals surface area contributed by atoms with Gasteiger partial charge in [-0.3, -0.25) is 0 Å². The van der Waals surface area contributed by atoms with Crippen molar-refractivity contribution in [1.29, 1.82) is 10.5 Å². The van der Waals surface area contributed by atoms with Gasteiger partial charge in [0, 0.05) is 64.1 Å². The van der Waals surface area contributed by atoms with E-state index in [4.69, 9.17) is 19.8 Å². The Morgan fingerprint density at radius 3 is 2.16 bits per heavy atom. The number of aryl methyl sites for hydroxylation is 5. The second kappa shape index (κ2) is 15.2. The summed E-state index contributed by atoms with van der Waals surface area (Å²) in [4.78, 5) is 11.6. The van der Waals surface area contributed by atoms with Gasteiger partial charge in [-0.15, -0.1) is 22.7 Å². The van der Waals surface area contributed by atoms with Crippen LogP contribution in [0.5, 0.6) is 11.5 Å². The Morgan fingerprint density at radius 2 is 1.59 bits per heavy atom. The largest absolute Gasteiger partial charge is 0.497 e. The highest BCUT2D eigenvalue weighted by molar-refractivity contribution is 7.09. The summed E-state index contributed by atoms with van der Waals surface area (Å²) in [5.74, 6) is 1.65. The van der Waals surface area contributed by atoms with Crippen molar-refractivity contribution >= 4 is 44.5 Å². The summed E-state index contributed by atoms with van der Waals surface area (Å²) < 4.78 is 12.5. The van der Waals surface area contributed by atoms with Crippen LogP contribution >= 0.6 is 22.7 Å². The van der Waals surface area contributed by atoms with Gasteiger partial charge in [0.1, 0.15) is 35.0 Å². The van der Waals surface area contributed by atoms with Crippen LogP contribution in [0.3, 0.4) is 0 Å². The van der Waals surface area contributed by atoms with Crippen molar-refractivity contribution in [2.45, 2.75) is 40.2 Å². The third kappa shape index (κ3) is 7.82. The second-order valence-electron chi connectivity index (χ2n) is 9.81. The van der Waals surface area contributed by atoms with Crippen molar-refractivity contribution in [3.8, 4) is 23.6 Å². The molecule has 0 aliphatic carbocycles. The molecule has 4 heterocycles. The molecule has 9 nitrogen and oxygen atoms in total. The number of aliphatic hydroxyl groups is 1. The summed E-state index contributed by atoms with van der Waals surface area (Å²) in [5, 5.41) is 34.8. The quantitative estimate of drug-likeness (QED) is 0.198. The molecule has 0 fully saturated rings. The summed E-state index contributed by atoms with van der Waals surface area (Å²) in [6.45, 7) is 6.95. The predicted molar refractivity (Wildman–Crippen MR) is 176 cm³/mol. The average Bonchev–Trinajstić information content (AvgIpc) is 3.82. The van der Waals surface area contributed by atoms with E-state index >= 15 is 0 Å². The fourth-order valence-electron chi connectivity index (χ4n) is 4.70. The van der Waals surface area contributed by atoms with Crippen LogP contribution in [0.2, 0.25) is 0 Å². The number of nitrogens with one attached hydrogen (secondary N) is 1. The number of thiazole rings is 2. The first kappa shape index (κ1) is 32.2. The standard InChI is InChI=1S/C17H17N3OS.C10H8N2O.C6H9NOS/c1-11-15-8-14(9-18)20(16(15)4-5-17(11)21-3)7-6-13-10-22-12(2)19-13;1-13-9-2-3-10-7(5-9)4-8(6-11)12-10;1-5-7-6(2-3-8)4-9-5/h4-5,8,10H,6-7H2,1-3H3;2-5,12H,1H3;4,8H,2-3H2,1H3. The van der Waals surface area contributed by atoms with E-state index in [9.17, 15) is 5.26 Å². The Labute approximate surface area is 264 Å². The monoisotopic (exact) mass is 626 g/mol. The topological polar surface area (TPSA) is 133 Å². The molecule has 0 unspecified atom stereocenters. The van der Waals surface area contributed by atoms with Gasteiger partial charge in [0.05, 0.1) is 35.6 Å². The number of aromatic amines is 1. The van der Waals surface area contributed by atoms with E-state index in [1.807, 2.05) is 62.5 Å². The van der Waals surface area contributed by atoms with E-state index in [-0.39, 0.29) is 6.61 Å². The van der Waals surface area contributed by atoms with E-state index in [0.717, 1.165) is 73.2 Å². The molecule has 0 spiro atoms. The van der Waals surface area contributed by atoms with Crippen molar-refractivity contribution in [2.24, 2.45) is 0 Å². The Bertz CT molecular complexity index is 1940. The van der Waals surface area contributed by atoms with Gasteiger partial charge < -0.3 is 24.1 Å². The zero-order chi connectivity index (χ0) is 31.6. The fraction of sp³-hybridized carbons (Fsp3) is 0.273. The molecule has 2 N–H and O–H groups in total. The molecule has 11 heteroatoms. The van der Waals surface area contributed by atoms with Crippen LogP contribution in [0, 0.1) is 43.4 Å². The lowest BCUT2D eigenvalue weighted by molar-refractivity contribution is 0.298. The molecule has 0 saturated carbocycles. The van der Waals surface area contributed by atoms with Gasteiger partial charge in [0.2, 0.25) is 0 Å². The SMILES string of the molecule is COc1ccc2[nH]c(C#N)cc2c1.COc1ccc2c(cc(C#N)n2CCc2csc(C)n2)c1C.Cc1nc(CCO)cs1. The molecule has 0 aliphatic rings. The number of ether oxygens (including phenoxy) is 2. The molecule has 2 aromatic carbocycles. The minimum Gasteiger partial charge on any atom is -0.497 e. The molecule has 0 saturated heterocycles. The molecule has 226 valence electrons. The van der Waals surface area contributed by atoms with Crippen molar-refractivity contribution < 1.29 is 14.6 Å². The maximum atomic E-state index is 9.42. The number of rotatable bonds is 7. The van der Waals surface area contributed by atoms with E-state index in [0.29, 0.717) is 17.8 Å². The molecular formula is C33H34N6O3S2. The lowest BCUT2D eigenvalue weighted by atomic mass is 10.1. The number of H-pyrrole nitrogens is 1. The van der Waals surface area contributed by atoms with E-state index in [2.05, 4.69) is 37.0 Å². The number of nitriles is 2. The third-order valence-corrected chi connectivity index (χ3v) is 8.52. The number of fused-ring (bicyclic) bond motifs is 2. The Kier molecular flexibility index (Phi) is 11.1. The highest BCUT2D eigenvalue weighted by Gasteiger charge is 2.13. The maximum Gasteiger partial charge on any atom is 0.122 e. The maximum absolute atomic E-state index is 9.42. The fourth-order valence-corrected chi connectivity index (χ4v) is 5.99. The molecule has 44 heavy (non-hydrogen) atoms. The van der Waals surface area contributed by atoms with Gasteiger partial charge in [0.25, 0.3) is 0 Å². The van der Waals surface area contributed by atoms with Crippen LogP contribution in [0.15, 0.2) is 53.2 Å². The first-order valence-electron chi connectivity index (χ1n) is 13.9. The molecule has 0 atom stereocenters. The zero-order valence-corrected chi connectivity index (χ0v) is 27.0. The van der Waals surface area contributed by atoms with Crippen LogP contribution in [-0.4, -0.2) is 45.5 Å². The summed E-state index contributed by atoms with van der Waals surface area (Å²) in [6, 6.07) is 17.7. The minimum atomic E-state index is 0.198. The normalized spacial score (nSPS) is 10.4. The molecule has 4 aromatic heterocycles. The molecule has 6 rings (SSSR count).